The van der Waals surface area contributed by atoms with Crippen LogP contribution in [0.5, 0.6) is 0 Å². The van der Waals surface area contributed by atoms with Crippen molar-refractivity contribution in [1.82, 2.24) is 29.9 Å². The van der Waals surface area contributed by atoms with E-state index in [-0.39, 0.29) is 11.9 Å². The molecule has 0 saturated carbocycles. The molecule has 0 aliphatic carbocycles. The van der Waals surface area contributed by atoms with E-state index in [2.05, 4.69) is 39.0 Å². The molecule has 25 heavy (non-hydrogen) atoms. The van der Waals surface area contributed by atoms with E-state index >= 15 is 0 Å². The minimum atomic E-state index is -0.251. The Hall–Kier alpha value is -2.54. The van der Waals surface area contributed by atoms with Gasteiger partial charge in [0.1, 0.15) is 17.5 Å². The highest BCUT2D eigenvalue weighted by Gasteiger charge is 2.15. The van der Waals surface area contributed by atoms with Crippen molar-refractivity contribution in [3.8, 4) is 5.69 Å². The van der Waals surface area contributed by atoms with Gasteiger partial charge in [-0.05, 0) is 52.0 Å². The standard InChI is InChI=1S/C18H23FN6/c1-5-24-14(4)22-23-18(24)11-20-12(2)17-10-21-25(13(17)3)16-8-6-15(19)7-9-16/h6-10,12,20H,5,11H2,1-4H3/t12-/m0/s1. The summed E-state index contributed by atoms with van der Waals surface area (Å²) in [6.45, 7) is 9.64. The third-order valence-corrected chi connectivity index (χ3v) is 4.48. The van der Waals surface area contributed by atoms with Gasteiger partial charge in [0, 0.05) is 23.8 Å². The Morgan fingerprint density at radius 1 is 1.16 bits per heavy atom. The van der Waals surface area contributed by atoms with Crippen molar-refractivity contribution in [2.24, 2.45) is 0 Å². The highest BCUT2D eigenvalue weighted by Crippen LogP contribution is 2.20. The van der Waals surface area contributed by atoms with E-state index < -0.39 is 0 Å². The van der Waals surface area contributed by atoms with Gasteiger partial charge in [-0.1, -0.05) is 0 Å². The Balaban J connectivity index is 1.74. The summed E-state index contributed by atoms with van der Waals surface area (Å²) < 4.78 is 17.0. The summed E-state index contributed by atoms with van der Waals surface area (Å²) in [5.74, 6) is 1.60. The molecule has 6 nitrogen and oxygen atoms in total. The van der Waals surface area contributed by atoms with Crippen molar-refractivity contribution in [2.75, 3.05) is 0 Å². The van der Waals surface area contributed by atoms with Gasteiger partial charge >= 0.3 is 0 Å². The summed E-state index contributed by atoms with van der Waals surface area (Å²) in [6, 6.07) is 6.44. The molecule has 0 spiro atoms. The van der Waals surface area contributed by atoms with E-state index in [1.54, 1.807) is 12.1 Å². The quantitative estimate of drug-likeness (QED) is 0.748. The van der Waals surface area contributed by atoms with Gasteiger partial charge in [-0.3, -0.25) is 0 Å². The van der Waals surface area contributed by atoms with Gasteiger partial charge in [-0.2, -0.15) is 5.10 Å². The van der Waals surface area contributed by atoms with Crippen molar-refractivity contribution < 1.29 is 4.39 Å². The van der Waals surface area contributed by atoms with Crippen LogP contribution in [0.1, 0.15) is 42.8 Å². The Labute approximate surface area is 146 Å². The molecule has 1 N–H and O–H groups in total. The number of aryl methyl sites for hydroxylation is 1. The van der Waals surface area contributed by atoms with Crippen LogP contribution in [-0.4, -0.2) is 24.5 Å². The van der Waals surface area contributed by atoms with Crippen LogP contribution in [0.15, 0.2) is 30.5 Å². The molecular weight excluding hydrogens is 319 g/mol. The number of benzene rings is 1. The van der Waals surface area contributed by atoms with E-state index in [1.165, 1.54) is 12.1 Å². The fraction of sp³-hybridized carbons (Fsp3) is 0.389. The number of nitrogens with zero attached hydrogens (tertiary/aromatic N) is 5. The SMILES string of the molecule is CCn1c(C)nnc1CN[C@@H](C)c1cnn(-c2ccc(F)cc2)c1C. The van der Waals surface area contributed by atoms with Crippen LogP contribution in [0.25, 0.3) is 5.69 Å². The Morgan fingerprint density at radius 2 is 1.88 bits per heavy atom. The lowest BCUT2D eigenvalue weighted by molar-refractivity contribution is 0.535. The molecule has 7 heteroatoms. The van der Waals surface area contributed by atoms with Crippen molar-refractivity contribution in [1.29, 1.82) is 0 Å². The molecule has 0 amide bonds. The predicted octanol–water partition coefficient (Wildman–Crippen LogP) is 3.09. The van der Waals surface area contributed by atoms with Crippen LogP contribution in [0, 0.1) is 19.7 Å². The van der Waals surface area contributed by atoms with Gasteiger partial charge in [-0.25, -0.2) is 9.07 Å². The zero-order valence-corrected chi connectivity index (χ0v) is 15.0. The maximum atomic E-state index is 13.1. The topological polar surface area (TPSA) is 60.6 Å². The van der Waals surface area contributed by atoms with E-state index in [0.29, 0.717) is 6.54 Å². The lowest BCUT2D eigenvalue weighted by Gasteiger charge is -2.14. The molecule has 1 aromatic carbocycles. The van der Waals surface area contributed by atoms with Gasteiger partial charge in [0.15, 0.2) is 0 Å². The molecule has 132 valence electrons. The summed E-state index contributed by atoms with van der Waals surface area (Å²) in [5.41, 5.74) is 2.97. The first-order valence-electron chi connectivity index (χ1n) is 8.43. The molecule has 3 rings (SSSR count). The molecule has 2 aromatic heterocycles. The molecule has 0 fully saturated rings. The molecule has 0 unspecified atom stereocenters. The predicted molar refractivity (Wildman–Crippen MR) is 93.9 cm³/mol. The Kier molecular flexibility index (Phi) is 4.94. The van der Waals surface area contributed by atoms with Crippen LogP contribution in [0.4, 0.5) is 4.39 Å². The number of hydrogen-bond donors (Lipinski definition) is 1. The van der Waals surface area contributed by atoms with Crippen molar-refractivity contribution in [2.45, 2.75) is 46.8 Å². The first-order valence-corrected chi connectivity index (χ1v) is 8.43. The minimum Gasteiger partial charge on any atom is -0.314 e. The van der Waals surface area contributed by atoms with Crippen molar-refractivity contribution in [3.05, 3.63) is 59.2 Å². The van der Waals surface area contributed by atoms with Crippen LogP contribution < -0.4 is 5.32 Å². The maximum absolute atomic E-state index is 13.1. The first kappa shape index (κ1) is 17.3. The van der Waals surface area contributed by atoms with Crippen LogP contribution in [-0.2, 0) is 13.1 Å². The molecule has 1 atom stereocenters. The second kappa shape index (κ2) is 7.14. The van der Waals surface area contributed by atoms with Crippen LogP contribution in [0.2, 0.25) is 0 Å². The monoisotopic (exact) mass is 342 g/mol. The van der Waals surface area contributed by atoms with E-state index in [4.69, 9.17) is 0 Å². The minimum absolute atomic E-state index is 0.108. The van der Waals surface area contributed by atoms with E-state index in [1.807, 2.05) is 24.7 Å². The van der Waals surface area contributed by atoms with Gasteiger partial charge in [0.05, 0.1) is 18.4 Å². The second-order valence-corrected chi connectivity index (χ2v) is 6.08. The summed E-state index contributed by atoms with van der Waals surface area (Å²) in [7, 11) is 0. The molecule has 0 saturated heterocycles. The van der Waals surface area contributed by atoms with Crippen LogP contribution >= 0.6 is 0 Å². The maximum Gasteiger partial charge on any atom is 0.147 e. The summed E-state index contributed by atoms with van der Waals surface area (Å²) in [5, 5.41) is 16.3. The van der Waals surface area contributed by atoms with Gasteiger partial charge in [0.25, 0.3) is 0 Å². The lowest BCUT2D eigenvalue weighted by Crippen LogP contribution is -2.21. The summed E-state index contributed by atoms with van der Waals surface area (Å²) in [6.07, 6.45) is 1.85. The zero-order chi connectivity index (χ0) is 18.0. The van der Waals surface area contributed by atoms with E-state index in [0.717, 1.165) is 35.1 Å². The average molecular weight is 342 g/mol. The van der Waals surface area contributed by atoms with E-state index in [9.17, 15) is 4.39 Å². The number of halogens is 1. The molecule has 0 bridgehead atoms. The number of rotatable bonds is 6. The highest BCUT2D eigenvalue weighted by molar-refractivity contribution is 5.35. The third kappa shape index (κ3) is 3.46. The normalized spacial score (nSPS) is 12.5. The number of nitrogens with one attached hydrogen (secondary N) is 1. The Morgan fingerprint density at radius 3 is 2.56 bits per heavy atom. The fourth-order valence-electron chi connectivity index (χ4n) is 3.01. The molecule has 0 radical (unpaired) electrons. The fourth-order valence-corrected chi connectivity index (χ4v) is 3.01. The molecule has 3 aromatic rings. The third-order valence-electron chi connectivity index (χ3n) is 4.48. The number of hydrogen-bond acceptors (Lipinski definition) is 4. The Bertz CT molecular complexity index is 849. The summed E-state index contributed by atoms with van der Waals surface area (Å²) >= 11 is 0. The lowest BCUT2D eigenvalue weighted by atomic mass is 10.1. The zero-order valence-electron chi connectivity index (χ0n) is 15.0. The average Bonchev–Trinajstić information content (AvgIpc) is 3.16. The summed E-state index contributed by atoms with van der Waals surface area (Å²) in [4.78, 5) is 0. The molecular formula is C18H23FN6. The number of aromatic nitrogens is 5. The van der Waals surface area contributed by atoms with Crippen LogP contribution in [0.3, 0.4) is 0 Å². The second-order valence-electron chi connectivity index (χ2n) is 6.08. The largest absolute Gasteiger partial charge is 0.314 e. The highest BCUT2D eigenvalue weighted by atomic mass is 19.1. The van der Waals surface area contributed by atoms with Crippen molar-refractivity contribution >= 4 is 0 Å². The van der Waals surface area contributed by atoms with Gasteiger partial charge < -0.3 is 9.88 Å². The molecule has 0 aliphatic heterocycles. The van der Waals surface area contributed by atoms with Gasteiger partial charge in [0.2, 0.25) is 0 Å². The first-order chi connectivity index (χ1) is 12.0. The van der Waals surface area contributed by atoms with Gasteiger partial charge in [-0.15, -0.1) is 10.2 Å². The smallest absolute Gasteiger partial charge is 0.147 e. The molecule has 0 aliphatic rings. The van der Waals surface area contributed by atoms with Crippen molar-refractivity contribution in [3.63, 3.8) is 0 Å². The molecule has 2 heterocycles.